The topological polar surface area (TPSA) is 40.5 Å². The van der Waals surface area contributed by atoms with Crippen LogP contribution in [0.25, 0.3) is 0 Å². The molecule has 0 aromatic rings. The molecule has 1 aliphatic heterocycles. The van der Waals surface area contributed by atoms with Gasteiger partial charge < -0.3 is 10.0 Å². The molecule has 1 heterocycles. The average molecular weight is 225 g/mol. The van der Waals surface area contributed by atoms with Crippen molar-refractivity contribution in [3.8, 4) is 0 Å². The van der Waals surface area contributed by atoms with Crippen LogP contribution in [0.2, 0.25) is 0 Å². The number of hydrogen-bond acceptors (Lipinski definition) is 2. The van der Waals surface area contributed by atoms with Gasteiger partial charge in [-0.05, 0) is 12.3 Å². The second kappa shape index (κ2) is 5.67. The van der Waals surface area contributed by atoms with Crippen molar-refractivity contribution in [2.45, 2.75) is 44.9 Å². The number of likely N-dealkylation sites (tertiary alicyclic amines) is 1. The van der Waals surface area contributed by atoms with Gasteiger partial charge in [-0.15, -0.1) is 0 Å². The maximum Gasteiger partial charge on any atom is 0.223 e. The van der Waals surface area contributed by atoms with Crippen molar-refractivity contribution < 1.29 is 9.90 Å². The summed E-state index contributed by atoms with van der Waals surface area (Å²) < 4.78 is 0. The Bertz CT molecular complexity index is 236. The number of rotatable bonds is 4. The molecule has 2 aliphatic rings. The highest BCUT2D eigenvalue weighted by Crippen LogP contribution is 2.27. The number of carbonyl (C=O) groups excluding carboxylic acids is 1. The molecular formula is C13H23NO2. The molecule has 0 bridgehead atoms. The third kappa shape index (κ3) is 2.97. The molecule has 16 heavy (non-hydrogen) atoms. The zero-order valence-electron chi connectivity index (χ0n) is 10.0. The van der Waals surface area contributed by atoms with Gasteiger partial charge >= 0.3 is 0 Å². The molecule has 1 N–H and O–H groups in total. The Kier molecular flexibility index (Phi) is 4.22. The van der Waals surface area contributed by atoms with Crippen LogP contribution >= 0.6 is 0 Å². The van der Waals surface area contributed by atoms with E-state index in [4.69, 9.17) is 5.11 Å². The SMILES string of the molecule is O=C1CC(CO)CN1CCC1CCCCC1. The van der Waals surface area contributed by atoms with Crippen LogP contribution in [-0.4, -0.2) is 35.6 Å². The van der Waals surface area contributed by atoms with Crippen molar-refractivity contribution in [1.82, 2.24) is 4.90 Å². The standard InChI is InChI=1S/C13H23NO2/c15-10-12-8-13(16)14(9-12)7-6-11-4-2-1-3-5-11/h11-12,15H,1-10H2. The lowest BCUT2D eigenvalue weighted by Gasteiger charge is -2.24. The Morgan fingerprint density at radius 1 is 1.19 bits per heavy atom. The smallest absolute Gasteiger partial charge is 0.223 e. The molecule has 1 saturated carbocycles. The molecule has 0 aromatic carbocycles. The molecule has 2 fully saturated rings. The first-order chi connectivity index (χ1) is 7.79. The molecule has 1 aliphatic carbocycles. The van der Waals surface area contributed by atoms with Crippen LogP contribution in [0.4, 0.5) is 0 Å². The van der Waals surface area contributed by atoms with Crippen molar-refractivity contribution in [2.24, 2.45) is 11.8 Å². The monoisotopic (exact) mass is 225 g/mol. The fraction of sp³-hybridized carbons (Fsp3) is 0.923. The van der Waals surface area contributed by atoms with Crippen LogP contribution in [0.1, 0.15) is 44.9 Å². The molecule has 3 nitrogen and oxygen atoms in total. The molecule has 1 saturated heterocycles. The van der Waals surface area contributed by atoms with E-state index in [1.807, 2.05) is 4.90 Å². The molecule has 92 valence electrons. The second-order valence-electron chi connectivity index (χ2n) is 5.39. The summed E-state index contributed by atoms with van der Waals surface area (Å²) in [7, 11) is 0. The highest BCUT2D eigenvalue weighted by Gasteiger charge is 2.29. The Balaban J connectivity index is 1.71. The number of aliphatic hydroxyl groups is 1. The predicted octanol–water partition coefficient (Wildman–Crippen LogP) is 1.80. The van der Waals surface area contributed by atoms with Crippen LogP contribution in [0.5, 0.6) is 0 Å². The van der Waals surface area contributed by atoms with Crippen LogP contribution in [-0.2, 0) is 4.79 Å². The lowest BCUT2D eigenvalue weighted by atomic mass is 9.87. The third-order valence-corrected chi connectivity index (χ3v) is 4.08. The van der Waals surface area contributed by atoms with Gasteiger partial charge in [0.25, 0.3) is 0 Å². The minimum absolute atomic E-state index is 0.158. The van der Waals surface area contributed by atoms with Gasteiger partial charge in [-0.3, -0.25) is 4.79 Å². The number of amides is 1. The van der Waals surface area contributed by atoms with Crippen molar-refractivity contribution in [3.63, 3.8) is 0 Å². The summed E-state index contributed by atoms with van der Waals surface area (Å²) in [5.41, 5.74) is 0. The Hall–Kier alpha value is -0.570. The molecule has 0 radical (unpaired) electrons. The van der Waals surface area contributed by atoms with Crippen LogP contribution in [0.15, 0.2) is 0 Å². The van der Waals surface area contributed by atoms with Gasteiger partial charge in [-0.1, -0.05) is 32.1 Å². The molecule has 3 heteroatoms. The zero-order chi connectivity index (χ0) is 11.4. The summed E-state index contributed by atoms with van der Waals surface area (Å²) in [6.07, 6.45) is 8.57. The molecule has 1 amide bonds. The van der Waals surface area contributed by atoms with Gasteiger partial charge in [0, 0.05) is 32.0 Å². The third-order valence-electron chi connectivity index (χ3n) is 4.08. The molecule has 2 rings (SSSR count). The van der Waals surface area contributed by atoms with E-state index in [1.54, 1.807) is 0 Å². The van der Waals surface area contributed by atoms with Gasteiger partial charge in [0.2, 0.25) is 5.91 Å². The maximum atomic E-state index is 11.6. The second-order valence-corrected chi connectivity index (χ2v) is 5.39. The van der Waals surface area contributed by atoms with E-state index in [0.717, 1.165) is 19.0 Å². The largest absolute Gasteiger partial charge is 0.396 e. The predicted molar refractivity (Wildman–Crippen MR) is 63.0 cm³/mol. The fourth-order valence-electron chi connectivity index (χ4n) is 3.01. The van der Waals surface area contributed by atoms with Crippen molar-refractivity contribution >= 4 is 5.91 Å². The van der Waals surface area contributed by atoms with E-state index in [9.17, 15) is 4.79 Å². The first-order valence-electron chi connectivity index (χ1n) is 6.68. The van der Waals surface area contributed by atoms with Crippen molar-refractivity contribution in [1.29, 1.82) is 0 Å². The van der Waals surface area contributed by atoms with E-state index in [0.29, 0.717) is 6.42 Å². The summed E-state index contributed by atoms with van der Waals surface area (Å²) in [6, 6.07) is 0. The number of nitrogens with zero attached hydrogens (tertiary/aromatic N) is 1. The summed E-state index contributed by atoms with van der Waals surface area (Å²) in [5, 5.41) is 9.04. The van der Waals surface area contributed by atoms with Crippen LogP contribution in [0, 0.1) is 11.8 Å². The number of hydrogen-bond donors (Lipinski definition) is 1. The van der Waals surface area contributed by atoms with E-state index in [2.05, 4.69) is 0 Å². The molecule has 0 aromatic heterocycles. The first kappa shape index (κ1) is 11.9. The Labute approximate surface area is 97.8 Å². The molecule has 0 spiro atoms. The van der Waals surface area contributed by atoms with Gasteiger partial charge in [-0.25, -0.2) is 0 Å². The van der Waals surface area contributed by atoms with Crippen LogP contribution < -0.4 is 0 Å². The average Bonchev–Trinajstić information content (AvgIpc) is 2.69. The first-order valence-corrected chi connectivity index (χ1v) is 6.68. The highest BCUT2D eigenvalue weighted by atomic mass is 16.3. The van der Waals surface area contributed by atoms with E-state index in [1.165, 1.54) is 38.5 Å². The normalized spacial score (nSPS) is 27.7. The molecule has 1 unspecified atom stereocenters. The zero-order valence-corrected chi connectivity index (χ0v) is 10.0. The van der Waals surface area contributed by atoms with Gasteiger partial charge in [0.15, 0.2) is 0 Å². The molecular weight excluding hydrogens is 202 g/mol. The number of aliphatic hydroxyl groups excluding tert-OH is 1. The highest BCUT2D eigenvalue weighted by molar-refractivity contribution is 5.78. The minimum atomic E-state index is 0.158. The Morgan fingerprint density at radius 3 is 2.56 bits per heavy atom. The van der Waals surface area contributed by atoms with Gasteiger partial charge in [0.1, 0.15) is 0 Å². The summed E-state index contributed by atoms with van der Waals surface area (Å²) in [4.78, 5) is 13.6. The maximum absolute atomic E-state index is 11.6. The minimum Gasteiger partial charge on any atom is -0.396 e. The summed E-state index contributed by atoms with van der Waals surface area (Å²) in [6.45, 7) is 1.85. The lowest BCUT2D eigenvalue weighted by molar-refractivity contribution is -0.127. The van der Waals surface area contributed by atoms with Gasteiger partial charge in [0.05, 0.1) is 0 Å². The quantitative estimate of drug-likeness (QED) is 0.792. The van der Waals surface area contributed by atoms with Crippen molar-refractivity contribution in [3.05, 3.63) is 0 Å². The number of carbonyl (C=O) groups is 1. The Morgan fingerprint density at radius 2 is 1.94 bits per heavy atom. The van der Waals surface area contributed by atoms with Crippen LogP contribution in [0.3, 0.4) is 0 Å². The summed E-state index contributed by atoms with van der Waals surface area (Å²) in [5.74, 6) is 1.28. The van der Waals surface area contributed by atoms with E-state index in [-0.39, 0.29) is 18.4 Å². The van der Waals surface area contributed by atoms with E-state index < -0.39 is 0 Å². The fourth-order valence-corrected chi connectivity index (χ4v) is 3.01. The lowest BCUT2D eigenvalue weighted by Crippen LogP contribution is -2.28. The molecule has 1 atom stereocenters. The summed E-state index contributed by atoms with van der Waals surface area (Å²) >= 11 is 0. The van der Waals surface area contributed by atoms with E-state index >= 15 is 0 Å². The van der Waals surface area contributed by atoms with Gasteiger partial charge in [-0.2, -0.15) is 0 Å². The van der Waals surface area contributed by atoms with Crippen molar-refractivity contribution in [2.75, 3.05) is 19.7 Å².